The van der Waals surface area contributed by atoms with Crippen LogP contribution in [0.3, 0.4) is 0 Å². The van der Waals surface area contributed by atoms with Crippen LogP contribution in [0.25, 0.3) is 0 Å². The second-order valence-corrected chi connectivity index (χ2v) is 9.01. The van der Waals surface area contributed by atoms with Gasteiger partial charge in [-0.2, -0.15) is 5.26 Å². The molecule has 10 heteroatoms. The molecule has 3 rings (SSSR count). The van der Waals surface area contributed by atoms with Crippen LogP contribution in [0.4, 0.5) is 5.69 Å². The van der Waals surface area contributed by atoms with E-state index in [1.807, 2.05) is 26.0 Å². The Morgan fingerprint density at radius 2 is 1.78 bits per heavy atom. The summed E-state index contributed by atoms with van der Waals surface area (Å²) in [6, 6.07) is 13.7. The number of hydrogen-bond donors (Lipinski definition) is 2. The number of amides is 2. The summed E-state index contributed by atoms with van der Waals surface area (Å²) in [6.07, 6.45) is 0. The lowest BCUT2D eigenvalue weighted by atomic mass is 9.78. The fraction of sp³-hybridized carbons (Fsp3) is 0.269. The molecule has 0 saturated carbocycles. The van der Waals surface area contributed by atoms with Gasteiger partial charge in [-0.1, -0.05) is 36.0 Å². The molecule has 2 N–H and O–H groups in total. The standard InChI is InChI=1S/C26H25N3O6S/c1-14-6-5-7-19(15(14)2)28-20(30)13-36-24-18(12-27)21(22(23(31)29-24)26(33)35-4)16-8-10-17(11-9-16)25(32)34-3/h5-11,21-22H,13H2,1-4H3,(H,28,30)(H,29,31)/t21-,22+/m0/s1. The quantitative estimate of drug-likeness (QED) is 0.431. The van der Waals surface area contributed by atoms with Crippen molar-refractivity contribution in [1.82, 2.24) is 5.32 Å². The number of esters is 2. The Labute approximate surface area is 212 Å². The van der Waals surface area contributed by atoms with Crippen LogP contribution in [0.2, 0.25) is 0 Å². The van der Waals surface area contributed by atoms with Crippen LogP contribution < -0.4 is 10.6 Å². The maximum atomic E-state index is 12.9. The molecule has 186 valence electrons. The number of rotatable bonds is 7. The number of allylic oxidation sites excluding steroid dienone is 1. The zero-order valence-corrected chi connectivity index (χ0v) is 21.0. The van der Waals surface area contributed by atoms with E-state index in [1.54, 1.807) is 18.2 Å². The van der Waals surface area contributed by atoms with Crippen molar-refractivity contribution < 1.29 is 28.7 Å². The zero-order chi connectivity index (χ0) is 26.4. The van der Waals surface area contributed by atoms with Crippen LogP contribution in [0, 0.1) is 31.1 Å². The first kappa shape index (κ1) is 26.5. The van der Waals surface area contributed by atoms with Crippen molar-refractivity contribution >= 4 is 41.2 Å². The Morgan fingerprint density at radius 3 is 2.39 bits per heavy atom. The van der Waals surface area contributed by atoms with E-state index in [9.17, 15) is 24.4 Å². The Morgan fingerprint density at radius 1 is 1.08 bits per heavy atom. The number of hydrogen-bond acceptors (Lipinski definition) is 8. The molecule has 0 bridgehead atoms. The number of carbonyl (C=O) groups excluding carboxylic acids is 4. The van der Waals surface area contributed by atoms with E-state index in [0.717, 1.165) is 30.0 Å². The number of carbonyl (C=O) groups is 4. The topological polar surface area (TPSA) is 135 Å². The molecular weight excluding hydrogens is 482 g/mol. The third-order valence-corrected chi connectivity index (χ3v) is 6.92. The monoisotopic (exact) mass is 507 g/mol. The largest absolute Gasteiger partial charge is 0.468 e. The first-order valence-electron chi connectivity index (χ1n) is 10.9. The highest BCUT2D eigenvalue weighted by Gasteiger charge is 2.44. The molecule has 0 aromatic heterocycles. The van der Waals surface area contributed by atoms with E-state index >= 15 is 0 Å². The highest BCUT2D eigenvalue weighted by Crippen LogP contribution is 2.40. The Balaban J connectivity index is 1.92. The van der Waals surface area contributed by atoms with Crippen molar-refractivity contribution in [2.45, 2.75) is 19.8 Å². The number of anilines is 1. The molecule has 0 saturated heterocycles. The van der Waals surface area contributed by atoms with E-state index in [-0.39, 0.29) is 27.8 Å². The summed E-state index contributed by atoms with van der Waals surface area (Å²) >= 11 is 0.990. The molecule has 2 atom stereocenters. The summed E-state index contributed by atoms with van der Waals surface area (Å²) in [5.41, 5.74) is 3.50. The van der Waals surface area contributed by atoms with Crippen LogP contribution in [0.5, 0.6) is 0 Å². The van der Waals surface area contributed by atoms with Crippen molar-refractivity contribution in [3.8, 4) is 6.07 Å². The number of methoxy groups -OCH3 is 2. The Kier molecular flexibility index (Phi) is 8.51. The SMILES string of the molecule is COC(=O)c1ccc([C@H]2C(C#N)=C(SCC(=O)Nc3cccc(C)c3C)NC(=O)[C@@H]2C(=O)OC)cc1. The predicted octanol–water partition coefficient (Wildman–Crippen LogP) is 3.20. The average Bonchev–Trinajstić information content (AvgIpc) is 2.88. The fourth-order valence-corrected chi connectivity index (χ4v) is 4.68. The highest BCUT2D eigenvalue weighted by molar-refractivity contribution is 8.03. The normalized spacial score (nSPS) is 17.0. The molecule has 2 aromatic rings. The van der Waals surface area contributed by atoms with E-state index in [2.05, 4.69) is 16.7 Å². The van der Waals surface area contributed by atoms with Gasteiger partial charge in [-0.05, 0) is 48.7 Å². The van der Waals surface area contributed by atoms with Gasteiger partial charge in [0.1, 0.15) is 5.92 Å². The van der Waals surface area contributed by atoms with Gasteiger partial charge in [0, 0.05) is 11.6 Å². The molecule has 2 aromatic carbocycles. The molecule has 9 nitrogen and oxygen atoms in total. The van der Waals surface area contributed by atoms with E-state index in [4.69, 9.17) is 9.47 Å². The maximum Gasteiger partial charge on any atom is 0.337 e. The van der Waals surface area contributed by atoms with Crippen molar-refractivity contribution in [3.05, 3.63) is 75.3 Å². The summed E-state index contributed by atoms with van der Waals surface area (Å²) in [4.78, 5) is 49.9. The number of benzene rings is 2. The van der Waals surface area contributed by atoms with Gasteiger partial charge in [0.2, 0.25) is 11.8 Å². The Bertz CT molecular complexity index is 1280. The second-order valence-electron chi connectivity index (χ2n) is 8.02. The molecule has 0 spiro atoms. The summed E-state index contributed by atoms with van der Waals surface area (Å²) in [5, 5.41) is 15.6. The van der Waals surface area contributed by atoms with Gasteiger partial charge in [-0.15, -0.1) is 0 Å². The van der Waals surface area contributed by atoms with E-state index < -0.39 is 29.7 Å². The molecule has 0 unspecified atom stereocenters. The van der Waals surface area contributed by atoms with Gasteiger partial charge in [0.15, 0.2) is 0 Å². The molecule has 0 radical (unpaired) electrons. The van der Waals surface area contributed by atoms with E-state index in [0.29, 0.717) is 11.3 Å². The molecule has 36 heavy (non-hydrogen) atoms. The minimum Gasteiger partial charge on any atom is -0.468 e. The second kappa shape index (κ2) is 11.6. The van der Waals surface area contributed by atoms with E-state index in [1.165, 1.54) is 19.2 Å². The van der Waals surface area contributed by atoms with Crippen LogP contribution >= 0.6 is 11.8 Å². The average molecular weight is 508 g/mol. The number of thioether (sulfide) groups is 1. The van der Waals surface area contributed by atoms with Crippen molar-refractivity contribution in [1.29, 1.82) is 5.26 Å². The smallest absolute Gasteiger partial charge is 0.337 e. The van der Waals surface area contributed by atoms with Crippen molar-refractivity contribution in [2.24, 2.45) is 5.92 Å². The molecular formula is C26H25N3O6S. The van der Waals surface area contributed by atoms with Gasteiger partial charge >= 0.3 is 11.9 Å². The van der Waals surface area contributed by atoms with Gasteiger partial charge in [0.25, 0.3) is 0 Å². The predicted molar refractivity (Wildman–Crippen MR) is 134 cm³/mol. The van der Waals surface area contributed by atoms with Crippen LogP contribution in [0.1, 0.15) is 33.0 Å². The maximum absolute atomic E-state index is 12.9. The summed E-state index contributed by atoms with van der Waals surface area (Å²) in [6.45, 7) is 3.84. The molecule has 1 aliphatic heterocycles. The first-order chi connectivity index (χ1) is 17.2. The third-order valence-electron chi connectivity index (χ3n) is 5.90. The minimum absolute atomic E-state index is 0.0783. The van der Waals surface area contributed by atoms with Crippen molar-refractivity contribution in [3.63, 3.8) is 0 Å². The number of nitrogens with one attached hydrogen (secondary N) is 2. The van der Waals surface area contributed by atoms with Gasteiger partial charge < -0.3 is 20.1 Å². The third kappa shape index (κ3) is 5.58. The molecule has 2 amide bonds. The van der Waals surface area contributed by atoms with Gasteiger partial charge in [-0.3, -0.25) is 14.4 Å². The van der Waals surface area contributed by atoms with Gasteiger partial charge in [0.05, 0.1) is 42.2 Å². The fourth-order valence-electron chi connectivity index (χ4n) is 3.83. The zero-order valence-electron chi connectivity index (χ0n) is 20.2. The number of nitrogens with zero attached hydrogens (tertiary/aromatic N) is 1. The summed E-state index contributed by atoms with van der Waals surface area (Å²) in [7, 11) is 2.41. The molecule has 0 fully saturated rings. The highest BCUT2D eigenvalue weighted by atomic mass is 32.2. The lowest BCUT2D eigenvalue weighted by molar-refractivity contribution is -0.150. The number of nitriles is 1. The summed E-state index contributed by atoms with van der Waals surface area (Å²) in [5.74, 6) is -4.68. The van der Waals surface area contributed by atoms with Crippen LogP contribution in [-0.2, 0) is 23.9 Å². The van der Waals surface area contributed by atoms with Gasteiger partial charge in [-0.25, -0.2) is 4.79 Å². The number of aryl methyl sites for hydroxylation is 1. The van der Waals surface area contributed by atoms with Crippen molar-refractivity contribution in [2.75, 3.05) is 25.3 Å². The number of ether oxygens (including phenoxy) is 2. The van der Waals surface area contributed by atoms with Crippen LogP contribution in [-0.4, -0.2) is 43.7 Å². The first-order valence-corrected chi connectivity index (χ1v) is 11.9. The molecule has 1 aliphatic rings. The molecule has 1 heterocycles. The van der Waals surface area contributed by atoms with Crippen LogP contribution in [0.15, 0.2) is 53.1 Å². The molecule has 0 aliphatic carbocycles. The minimum atomic E-state index is -1.32. The lowest BCUT2D eigenvalue weighted by Gasteiger charge is -2.31. The Hall–Kier alpha value is -4.10. The summed E-state index contributed by atoms with van der Waals surface area (Å²) < 4.78 is 9.53. The lowest BCUT2D eigenvalue weighted by Crippen LogP contribution is -2.44.